The van der Waals surface area contributed by atoms with E-state index >= 15 is 0 Å². The van der Waals surface area contributed by atoms with Crippen LogP contribution in [0.1, 0.15) is 27.2 Å². The highest BCUT2D eigenvalue weighted by molar-refractivity contribution is 6.34. The Morgan fingerprint density at radius 1 is 1.11 bits per heavy atom. The van der Waals surface area contributed by atoms with Gasteiger partial charge in [-0.25, -0.2) is 0 Å². The standard InChI is InChI=1S/C29H27ClN2O5/c1-17-8-11-25-23(12-17)22(14-28(33)34)18(2)32(25)29(35)21-10-9-19(13-24(21)30)36-16-20-15-31(3)26-6-4-5-7-27(26)37-20/h4-13,20H,14-16H2,1-3H3,(H,33,34)/t20-/m0/s1. The van der Waals surface area contributed by atoms with Crippen molar-refractivity contribution in [3.63, 3.8) is 0 Å². The third-order valence-electron chi connectivity index (χ3n) is 6.68. The van der Waals surface area contributed by atoms with Crippen LogP contribution in [-0.2, 0) is 11.2 Å². The molecule has 0 radical (unpaired) electrons. The molecule has 37 heavy (non-hydrogen) atoms. The first kappa shape index (κ1) is 24.7. The Labute approximate surface area is 219 Å². The summed E-state index contributed by atoms with van der Waals surface area (Å²) in [6.45, 7) is 4.69. The van der Waals surface area contributed by atoms with Crippen molar-refractivity contribution in [2.24, 2.45) is 0 Å². The van der Waals surface area contributed by atoms with Crippen molar-refractivity contribution >= 4 is 40.1 Å². The zero-order valence-electron chi connectivity index (χ0n) is 20.8. The topological polar surface area (TPSA) is 81.0 Å². The van der Waals surface area contributed by atoms with Gasteiger partial charge in [0.25, 0.3) is 5.91 Å². The number of aryl methyl sites for hydroxylation is 1. The molecule has 0 unspecified atom stereocenters. The van der Waals surface area contributed by atoms with Gasteiger partial charge in [-0.2, -0.15) is 0 Å². The summed E-state index contributed by atoms with van der Waals surface area (Å²) in [4.78, 5) is 27.3. The first-order chi connectivity index (χ1) is 17.7. The first-order valence-electron chi connectivity index (χ1n) is 12.0. The summed E-state index contributed by atoms with van der Waals surface area (Å²) in [7, 11) is 2.02. The van der Waals surface area contributed by atoms with Gasteiger partial charge in [0, 0.05) is 18.1 Å². The number of ether oxygens (including phenoxy) is 2. The van der Waals surface area contributed by atoms with Gasteiger partial charge in [-0.15, -0.1) is 0 Å². The van der Waals surface area contributed by atoms with E-state index in [-0.39, 0.29) is 23.5 Å². The van der Waals surface area contributed by atoms with Crippen molar-refractivity contribution in [1.29, 1.82) is 0 Å². The molecule has 0 spiro atoms. The Balaban J connectivity index is 1.37. The third-order valence-corrected chi connectivity index (χ3v) is 6.99. The van der Waals surface area contributed by atoms with Gasteiger partial charge in [0.1, 0.15) is 24.2 Å². The van der Waals surface area contributed by atoms with Crippen LogP contribution in [0.25, 0.3) is 10.9 Å². The number of rotatable bonds is 6. The zero-order valence-corrected chi connectivity index (χ0v) is 21.6. The lowest BCUT2D eigenvalue weighted by atomic mass is 10.1. The molecule has 1 aromatic heterocycles. The van der Waals surface area contributed by atoms with Gasteiger partial charge in [-0.1, -0.05) is 35.4 Å². The normalized spacial score (nSPS) is 14.8. The fourth-order valence-electron chi connectivity index (χ4n) is 4.88. The summed E-state index contributed by atoms with van der Waals surface area (Å²) in [5.74, 6) is 0.0687. The van der Waals surface area contributed by atoms with Crippen LogP contribution in [0.15, 0.2) is 60.7 Å². The van der Waals surface area contributed by atoms with Gasteiger partial charge in [-0.3, -0.25) is 14.2 Å². The molecule has 1 aliphatic rings. The van der Waals surface area contributed by atoms with E-state index in [0.29, 0.717) is 41.2 Å². The van der Waals surface area contributed by atoms with E-state index in [0.717, 1.165) is 22.4 Å². The quantitative estimate of drug-likeness (QED) is 0.363. The predicted octanol–water partition coefficient (Wildman–Crippen LogP) is 5.50. The Hall–Kier alpha value is -3.97. The van der Waals surface area contributed by atoms with Crippen LogP contribution >= 0.6 is 11.6 Å². The van der Waals surface area contributed by atoms with E-state index in [9.17, 15) is 14.7 Å². The second-order valence-corrected chi connectivity index (χ2v) is 9.74. The summed E-state index contributed by atoms with van der Waals surface area (Å²) in [5, 5.41) is 10.4. The lowest BCUT2D eigenvalue weighted by Gasteiger charge is -2.33. The molecule has 2 heterocycles. The number of carbonyl (C=O) groups excluding carboxylic acids is 1. The highest BCUT2D eigenvalue weighted by atomic mass is 35.5. The number of carbonyl (C=O) groups is 2. The minimum absolute atomic E-state index is 0.162. The molecule has 8 heteroatoms. The van der Waals surface area contributed by atoms with Gasteiger partial charge in [0.05, 0.1) is 34.8 Å². The fraction of sp³-hybridized carbons (Fsp3) is 0.241. The van der Waals surface area contributed by atoms with E-state index in [1.807, 2.05) is 56.4 Å². The largest absolute Gasteiger partial charge is 0.490 e. The Morgan fingerprint density at radius 2 is 1.89 bits per heavy atom. The number of carboxylic acid groups (broad SMARTS) is 1. The zero-order chi connectivity index (χ0) is 26.3. The molecule has 0 saturated heterocycles. The van der Waals surface area contributed by atoms with Crippen molar-refractivity contribution < 1.29 is 24.2 Å². The number of likely N-dealkylation sites (N-methyl/N-ethyl adjacent to an activating group) is 1. The van der Waals surface area contributed by atoms with Gasteiger partial charge < -0.3 is 19.5 Å². The molecule has 190 valence electrons. The summed E-state index contributed by atoms with van der Waals surface area (Å²) >= 11 is 6.56. The highest BCUT2D eigenvalue weighted by Crippen LogP contribution is 2.33. The summed E-state index contributed by atoms with van der Waals surface area (Å²) in [6, 6.07) is 18.5. The monoisotopic (exact) mass is 518 g/mol. The van der Waals surface area contributed by atoms with Crippen LogP contribution in [0.4, 0.5) is 5.69 Å². The summed E-state index contributed by atoms with van der Waals surface area (Å²) < 4.78 is 13.6. The minimum atomic E-state index is -0.952. The number of carboxylic acids is 1. The summed E-state index contributed by atoms with van der Waals surface area (Å²) in [6.07, 6.45) is -0.333. The number of fused-ring (bicyclic) bond motifs is 2. The number of hydrogen-bond acceptors (Lipinski definition) is 5. The molecule has 4 aromatic rings. The molecule has 3 aromatic carbocycles. The molecule has 0 aliphatic carbocycles. The number of aromatic nitrogens is 1. The molecule has 0 saturated carbocycles. The molecular formula is C29H27ClN2O5. The van der Waals surface area contributed by atoms with Crippen molar-refractivity contribution in [3.05, 3.63) is 88.1 Å². The molecule has 0 fully saturated rings. The predicted molar refractivity (Wildman–Crippen MR) is 144 cm³/mol. The van der Waals surface area contributed by atoms with Crippen LogP contribution in [0.5, 0.6) is 11.5 Å². The molecule has 7 nitrogen and oxygen atoms in total. The lowest BCUT2D eigenvalue weighted by molar-refractivity contribution is -0.136. The first-order valence-corrected chi connectivity index (χ1v) is 12.4. The number of nitrogens with zero attached hydrogens (tertiary/aromatic N) is 2. The molecule has 1 atom stereocenters. The van der Waals surface area contributed by atoms with Gasteiger partial charge in [0.2, 0.25) is 0 Å². The Bertz CT molecular complexity index is 1530. The number of aliphatic carboxylic acids is 1. The van der Waals surface area contributed by atoms with Crippen molar-refractivity contribution in [3.8, 4) is 11.5 Å². The maximum Gasteiger partial charge on any atom is 0.307 e. The van der Waals surface area contributed by atoms with E-state index in [1.165, 1.54) is 4.57 Å². The molecule has 1 N–H and O–H groups in total. The number of para-hydroxylation sites is 2. The number of benzene rings is 3. The average molecular weight is 519 g/mol. The second-order valence-electron chi connectivity index (χ2n) is 9.34. The molecular weight excluding hydrogens is 492 g/mol. The fourth-order valence-corrected chi connectivity index (χ4v) is 5.13. The third kappa shape index (κ3) is 4.74. The summed E-state index contributed by atoms with van der Waals surface area (Å²) in [5.41, 5.74) is 4.19. The molecule has 5 rings (SSSR count). The van der Waals surface area contributed by atoms with Crippen LogP contribution < -0.4 is 14.4 Å². The average Bonchev–Trinajstić information content (AvgIpc) is 3.12. The SMILES string of the molecule is Cc1ccc2c(c1)c(CC(=O)O)c(C)n2C(=O)c1ccc(OC[C@@H]2CN(C)c3ccccc3O2)cc1Cl. The highest BCUT2D eigenvalue weighted by Gasteiger charge is 2.25. The molecule has 0 amide bonds. The van der Waals surface area contributed by atoms with Crippen molar-refractivity contribution in [2.45, 2.75) is 26.4 Å². The van der Waals surface area contributed by atoms with Gasteiger partial charge in [0.15, 0.2) is 0 Å². The maximum absolute atomic E-state index is 13.6. The second kappa shape index (κ2) is 9.82. The van der Waals surface area contributed by atoms with Crippen molar-refractivity contribution in [1.82, 2.24) is 4.57 Å². The van der Waals surface area contributed by atoms with E-state index < -0.39 is 5.97 Å². The number of halogens is 1. The Morgan fingerprint density at radius 3 is 2.65 bits per heavy atom. The lowest BCUT2D eigenvalue weighted by Crippen LogP contribution is -2.41. The maximum atomic E-state index is 13.6. The van der Waals surface area contributed by atoms with Crippen LogP contribution in [0.3, 0.4) is 0 Å². The number of hydrogen-bond donors (Lipinski definition) is 1. The van der Waals surface area contributed by atoms with Gasteiger partial charge in [-0.05, 0) is 61.9 Å². The van der Waals surface area contributed by atoms with Gasteiger partial charge >= 0.3 is 5.97 Å². The van der Waals surface area contributed by atoms with Crippen molar-refractivity contribution in [2.75, 3.05) is 25.1 Å². The Kier molecular flexibility index (Phi) is 6.56. The van der Waals surface area contributed by atoms with Crippen LogP contribution in [0.2, 0.25) is 5.02 Å². The van der Waals surface area contributed by atoms with Crippen LogP contribution in [0, 0.1) is 13.8 Å². The molecule has 0 bridgehead atoms. The van der Waals surface area contributed by atoms with E-state index in [4.69, 9.17) is 21.1 Å². The molecule has 1 aliphatic heterocycles. The van der Waals surface area contributed by atoms with E-state index in [2.05, 4.69) is 4.90 Å². The van der Waals surface area contributed by atoms with Crippen LogP contribution in [-0.4, -0.2) is 47.9 Å². The minimum Gasteiger partial charge on any atom is -0.490 e. The smallest absolute Gasteiger partial charge is 0.307 e. The number of anilines is 1. The van der Waals surface area contributed by atoms with E-state index in [1.54, 1.807) is 25.1 Å².